The lowest BCUT2D eigenvalue weighted by Crippen LogP contribution is -2.09. The lowest BCUT2D eigenvalue weighted by molar-refractivity contribution is 0.569. The van der Waals surface area contributed by atoms with Crippen LogP contribution in [0.15, 0.2) is 6.20 Å². The number of rotatable bonds is 2. The van der Waals surface area contributed by atoms with Gasteiger partial charge in [-0.3, -0.25) is 0 Å². The fraction of sp³-hybridized carbons (Fsp3) is 0.571. The smallest absolute Gasteiger partial charge is 0.141 e. The normalized spacial score (nSPS) is 10.9. The lowest BCUT2D eigenvalue weighted by Gasteiger charge is -2.08. The lowest BCUT2D eigenvalue weighted by atomic mass is 10.4. The van der Waals surface area contributed by atoms with Gasteiger partial charge >= 0.3 is 0 Å². The van der Waals surface area contributed by atoms with E-state index in [1.807, 2.05) is 10.8 Å². The molecule has 0 fully saturated rings. The summed E-state index contributed by atoms with van der Waals surface area (Å²) in [4.78, 5) is 4.07. The molecule has 4 heteroatoms. The topological polar surface area (TPSA) is 69.9 Å². The SMILES string of the molecule is CC(C)n1cc(N)nc1CN. The van der Waals surface area contributed by atoms with Crippen LogP contribution in [-0.2, 0) is 6.54 Å². The third-order valence-electron chi connectivity index (χ3n) is 1.57. The third-order valence-corrected chi connectivity index (χ3v) is 1.57. The molecule has 0 aliphatic heterocycles. The Hall–Kier alpha value is -1.03. The second-order valence-corrected chi connectivity index (χ2v) is 2.79. The van der Waals surface area contributed by atoms with Crippen LogP contribution in [-0.4, -0.2) is 9.55 Å². The third kappa shape index (κ3) is 1.51. The molecule has 0 saturated carbocycles. The van der Waals surface area contributed by atoms with E-state index in [0.717, 1.165) is 5.82 Å². The molecule has 62 valence electrons. The standard InChI is InChI=1S/C7H14N4/c1-5(2)11-4-6(9)10-7(11)3-8/h4-5H,3,8-9H2,1-2H3. The molecular formula is C7H14N4. The quantitative estimate of drug-likeness (QED) is 0.651. The molecule has 1 rings (SSSR count). The highest BCUT2D eigenvalue weighted by atomic mass is 15.1. The van der Waals surface area contributed by atoms with Crippen LogP contribution in [0.2, 0.25) is 0 Å². The highest BCUT2D eigenvalue weighted by molar-refractivity contribution is 5.26. The van der Waals surface area contributed by atoms with Crippen LogP contribution in [0.25, 0.3) is 0 Å². The molecule has 11 heavy (non-hydrogen) atoms. The molecule has 0 unspecified atom stereocenters. The average Bonchev–Trinajstić information content (AvgIpc) is 2.30. The van der Waals surface area contributed by atoms with Crippen molar-refractivity contribution in [3.63, 3.8) is 0 Å². The van der Waals surface area contributed by atoms with E-state index in [1.165, 1.54) is 0 Å². The van der Waals surface area contributed by atoms with Crippen molar-refractivity contribution in [2.24, 2.45) is 5.73 Å². The summed E-state index contributed by atoms with van der Waals surface area (Å²) in [5, 5.41) is 0. The molecule has 0 amide bonds. The zero-order chi connectivity index (χ0) is 8.43. The van der Waals surface area contributed by atoms with E-state index in [1.54, 1.807) is 0 Å². The average molecular weight is 154 g/mol. The molecule has 0 atom stereocenters. The maximum Gasteiger partial charge on any atom is 0.141 e. The number of nitrogens with zero attached hydrogens (tertiary/aromatic N) is 2. The zero-order valence-electron chi connectivity index (χ0n) is 6.91. The molecule has 0 aliphatic carbocycles. The van der Waals surface area contributed by atoms with Crippen molar-refractivity contribution in [1.82, 2.24) is 9.55 Å². The van der Waals surface area contributed by atoms with Crippen LogP contribution in [0.4, 0.5) is 5.82 Å². The Morgan fingerprint density at radius 2 is 2.27 bits per heavy atom. The van der Waals surface area contributed by atoms with Gasteiger partial charge in [0.15, 0.2) is 0 Å². The summed E-state index contributed by atoms with van der Waals surface area (Å²) in [5.41, 5.74) is 11.0. The maximum absolute atomic E-state index is 5.51. The van der Waals surface area contributed by atoms with Gasteiger partial charge in [0.05, 0.1) is 6.54 Å². The Bertz CT molecular complexity index is 239. The van der Waals surface area contributed by atoms with Gasteiger partial charge in [-0.15, -0.1) is 0 Å². The molecule has 1 aromatic heterocycles. The summed E-state index contributed by atoms with van der Waals surface area (Å²) < 4.78 is 1.98. The predicted molar refractivity (Wildman–Crippen MR) is 44.9 cm³/mol. The molecule has 0 aromatic carbocycles. The van der Waals surface area contributed by atoms with Crippen LogP contribution < -0.4 is 11.5 Å². The number of nitrogen functional groups attached to an aromatic ring is 1. The van der Waals surface area contributed by atoms with Gasteiger partial charge < -0.3 is 16.0 Å². The first kappa shape index (κ1) is 8.07. The van der Waals surface area contributed by atoms with Gasteiger partial charge in [0, 0.05) is 12.2 Å². The molecule has 0 aliphatic rings. The van der Waals surface area contributed by atoms with Gasteiger partial charge in [-0.05, 0) is 13.8 Å². The van der Waals surface area contributed by atoms with Gasteiger partial charge in [-0.25, -0.2) is 4.98 Å². The number of imidazole rings is 1. The van der Waals surface area contributed by atoms with Crippen LogP contribution in [0.3, 0.4) is 0 Å². The molecule has 4 nitrogen and oxygen atoms in total. The minimum absolute atomic E-state index is 0.373. The number of hydrogen-bond acceptors (Lipinski definition) is 3. The van der Waals surface area contributed by atoms with Crippen molar-refractivity contribution in [2.45, 2.75) is 26.4 Å². The van der Waals surface area contributed by atoms with Gasteiger partial charge in [-0.2, -0.15) is 0 Å². The van der Waals surface area contributed by atoms with E-state index in [9.17, 15) is 0 Å². The monoisotopic (exact) mass is 154 g/mol. The Labute approximate surface area is 66.2 Å². The number of hydrogen-bond donors (Lipinski definition) is 2. The zero-order valence-corrected chi connectivity index (χ0v) is 6.91. The van der Waals surface area contributed by atoms with Crippen LogP contribution in [0, 0.1) is 0 Å². The van der Waals surface area contributed by atoms with E-state index in [2.05, 4.69) is 18.8 Å². The molecule has 0 spiro atoms. The summed E-state index contributed by atoms with van der Waals surface area (Å²) >= 11 is 0. The second kappa shape index (κ2) is 2.92. The largest absolute Gasteiger partial charge is 0.382 e. The predicted octanol–water partition coefficient (Wildman–Crippen LogP) is 0.505. The van der Waals surface area contributed by atoms with E-state index in [-0.39, 0.29) is 0 Å². The molecule has 1 heterocycles. The number of aromatic nitrogens is 2. The van der Waals surface area contributed by atoms with Crippen molar-refractivity contribution in [3.8, 4) is 0 Å². The van der Waals surface area contributed by atoms with Crippen molar-refractivity contribution in [1.29, 1.82) is 0 Å². The Morgan fingerprint density at radius 1 is 1.64 bits per heavy atom. The minimum Gasteiger partial charge on any atom is -0.382 e. The Morgan fingerprint density at radius 3 is 2.64 bits per heavy atom. The second-order valence-electron chi connectivity index (χ2n) is 2.79. The number of anilines is 1. The summed E-state index contributed by atoms with van der Waals surface area (Å²) in [7, 11) is 0. The summed E-state index contributed by atoms with van der Waals surface area (Å²) in [6.45, 7) is 4.58. The van der Waals surface area contributed by atoms with Gasteiger partial charge in [0.25, 0.3) is 0 Å². The van der Waals surface area contributed by atoms with Crippen molar-refractivity contribution >= 4 is 5.82 Å². The Kier molecular flexibility index (Phi) is 2.14. The van der Waals surface area contributed by atoms with Crippen molar-refractivity contribution in [2.75, 3.05) is 5.73 Å². The summed E-state index contributed by atoms with van der Waals surface area (Å²) in [6, 6.07) is 0.373. The fourth-order valence-corrected chi connectivity index (χ4v) is 1.05. The van der Waals surface area contributed by atoms with Crippen LogP contribution in [0.5, 0.6) is 0 Å². The van der Waals surface area contributed by atoms with Gasteiger partial charge in [0.1, 0.15) is 11.6 Å². The molecule has 0 bridgehead atoms. The highest BCUT2D eigenvalue weighted by Gasteiger charge is 2.05. The molecule has 4 N–H and O–H groups in total. The highest BCUT2D eigenvalue weighted by Crippen LogP contribution is 2.11. The fourth-order valence-electron chi connectivity index (χ4n) is 1.05. The maximum atomic E-state index is 5.51. The first-order chi connectivity index (χ1) is 5.15. The minimum atomic E-state index is 0.373. The van der Waals surface area contributed by atoms with Gasteiger partial charge in [0.2, 0.25) is 0 Å². The van der Waals surface area contributed by atoms with E-state index in [4.69, 9.17) is 11.5 Å². The van der Waals surface area contributed by atoms with Crippen LogP contribution in [0.1, 0.15) is 25.7 Å². The molecule has 0 radical (unpaired) electrons. The van der Waals surface area contributed by atoms with E-state index >= 15 is 0 Å². The van der Waals surface area contributed by atoms with Crippen LogP contribution >= 0.6 is 0 Å². The molecule has 0 saturated heterocycles. The summed E-state index contributed by atoms with van der Waals surface area (Å²) in [5.74, 6) is 1.39. The number of nitrogens with two attached hydrogens (primary N) is 2. The van der Waals surface area contributed by atoms with E-state index in [0.29, 0.717) is 18.4 Å². The van der Waals surface area contributed by atoms with E-state index < -0.39 is 0 Å². The van der Waals surface area contributed by atoms with Crippen molar-refractivity contribution in [3.05, 3.63) is 12.0 Å². The summed E-state index contributed by atoms with van der Waals surface area (Å²) in [6.07, 6.45) is 1.81. The van der Waals surface area contributed by atoms with Gasteiger partial charge in [-0.1, -0.05) is 0 Å². The molecule has 1 aromatic rings. The first-order valence-corrected chi connectivity index (χ1v) is 3.68. The molecular weight excluding hydrogens is 140 g/mol. The van der Waals surface area contributed by atoms with Crippen molar-refractivity contribution < 1.29 is 0 Å². The first-order valence-electron chi connectivity index (χ1n) is 3.68. The Balaban J connectivity index is 3.02.